The number of para-hydroxylation sites is 1. The molecule has 1 fully saturated rings. The lowest BCUT2D eigenvalue weighted by Gasteiger charge is -2.43. The van der Waals surface area contributed by atoms with Crippen molar-refractivity contribution < 1.29 is 4.79 Å². The molecule has 0 aliphatic carbocycles. The lowest BCUT2D eigenvalue weighted by molar-refractivity contribution is -0.130. The number of amides is 1. The highest BCUT2D eigenvalue weighted by Gasteiger charge is 2.42. The van der Waals surface area contributed by atoms with Crippen molar-refractivity contribution in [2.45, 2.75) is 37.8 Å². The summed E-state index contributed by atoms with van der Waals surface area (Å²) in [5, 5.41) is 0. The summed E-state index contributed by atoms with van der Waals surface area (Å²) in [6, 6.07) is 15.7. The molecule has 0 aromatic heterocycles. The zero-order valence-corrected chi connectivity index (χ0v) is 15.7. The van der Waals surface area contributed by atoms with Crippen LogP contribution in [-0.2, 0) is 11.2 Å². The van der Waals surface area contributed by atoms with E-state index < -0.39 is 0 Å². The van der Waals surface area contributed by atoms with Gasteiger partial charge in [0.05, 0.1) is 12.1 Å². The van der Waals surface area contributed by atoms with Gasteiger partial charge in [-0.25, -0.2) is 0 Å². The molecular formula is C21H21BrN2O. The molecule has 0 radical (unpaired) electrons. The molecule has 2 aromatic carbocycles. The number of nitrogens with zero attached hydrogens (tertiary/aromatic N) is 2. The third-order valence-electron chi connectivity index (χ3n) is 5.99. The lowest BCUT2D eigenvalue weighted by Crippen LogP contribution is -2.39. The van der Waals surface area contributed by atoms with Gasteiger partial charge in [-0.1, -0.05) is 52.3 Å². The quantitative estimate of drug-likeness (QED) is 0.739. The number of carbonyl (C=O) groups is 1. The molecular weight excluding hydrogens is 376 g/mol. The van der Waals surface area contributed by atoms with Gasteiger partial charge in [0.1, 0.15) is 0 Å². The first-order chi connectivity index (χ1) is 12.2. The SMILES string of the molecule is O=C1CCCN1C1CC(c2ccccc2Br)N2CCc3cccc1c32. The number of benzene rings is 2. The fourth-order valence-corrected chi connectivity index (χ4v) is 5.45. The second-order valence-electron chi connectivity index (χ2n) is 7.28. The van der Waals surface area contributed by atoms with Gasteiger partial charge in [-0.3, -0.25) is 4.79 Å². The van der Waals surface area contributed by atoms with Crippen molar-refractivity contribution in [3.05, 3.63) is 63.6 Å². The van der Waals surface area contributed by atoms with E-state index in [2.05, 4.69) is 68.2 Å². The van der Waals surface area contributed by atoms with Gasteiger partial charge in [0.15, 0.2) is 0 Å². The molecule has 25 heavy (non-hydrogen) atoms. The lowest BCUT2D eigenvalue weighted by atomic mass is 9.86. The number of rotatable bonds is 2. The van der Waals surface area contributed by atoms with E-state index >= 15 is 0 Å². The summed E-state index contributed by atoms with van der Waals surface area (Å²) >= 11 is 3.75. The number of hydrogen-bond donors (Lipinski definition) is 0. The molecule has 3 aliphatic rings. The minimum absolute atomic E-state index is 0.205. The second-order valence-corrected chi connectivity index (χ2v) is 8.13. The van der Waals surface area contributed by atoms with Crippen LogP contribution >= 0.6 is 15.9 Å². The molecule has 0 saturated carbocycles. The van der Waals surface area contributed by atoms with Crippen LogP contribution in [-0.4, -0.2) is 23.9 Å². The van der Waals surface area contributed by atoms with Crippen LogP contribution in [0, 0.1) is 0 Å². The Labute approximate surface area is 156 Å². The first kappa shape index (κ1) is 15.4. The topological polar surface area (TPSA) is 23.6 Å². The number of likely N-dealkylation sites (tertiary alicyclic amines) is 1. The van der Waals surface area contributed by atoms with Crippen LogP contribution < -0.4 is 4.90 Å². The summed E-state index contributed by atoms with van der Waals surface area (Å²) in [7, 11) is 0. The first-order valence-electron chi connectivity index (χ1n) is 9.16. The average molecular weight is 397 g/mol. The third-order valence-corrected chi connectivity index (χ3v) is 6.71. The maximum atomic E-state index is 12.5. The fourth-order valence-electron chi connectivity index (χ4n) is 4.90. The summed E-state index contributed by atoms with van der Waals surface area (Å²) in [5.74, 6) is 0.319. The van der Waals surface area contributed by atoms with E-state index in [1.54, 1.807) is 0 Å². The van der Waals surface area contributed by atoms with Gasteiger partial charge in [0, 0.05) is 29.7 Å². The van der Waals surface area contributed by atoms with Crippen LogP contribution in [0.25, 0.3) is 0 Å². The van der Waals surface area contributed by atoms with Crippen molar-refractivity contribution in [3.8, 4) is 0 Å². The molecule has 4 heteroatoms. The van der Waals surface area contributed by atoms with E-state index in [1.807, 2.05) is 0 Å². The van der Waals surface area contributed by atoms with Gasteiger partial charge in [0.2, 0.25) is 5.91 Å². The predicted molar refractivity (Wildman–Crippen MR) is 103 cm³/mol. The fraction of sp³-hybridized carbons (Fsp3) is 0.381. The van der Waals surface area contributed by atoms with Crippen LogP contribution in [0.5, 0.6) is 0 Å². The summed E-state index contributed by atoms with van der Waals surface area (Å²) in [6.45, 7) is 1.97. The molecule has 2 atom stereocenters. The minimum Gasteiger partial charge on any atom is -0.364 e. The van der Waals surface area contributed by atoms with Gasteiger partial charge >= 0.3 is 0 Å². The summed E-state index contributed by atoms with van der Waals surface area (Å²) in [6.07, 6.45) is 3.78. The minimum atomic E-state index is 0.205. The molecule has 1 saturated heterocycles. The molecule has 3 heterocycles. The molecule has 0 N–H and O–H groups in total. The second kappa shape index (κ2) is 5.87. The molecule has 2 aromatic rings. The smallest absolute Gasteiger partial charge is 0.223 e. The Morgan fingerprint density at radius 3 is 2.48 bits per heavy atom. The summed E-state index contributed by atoms with van der Waals surface area (Å²) in [4.78, 5) is 17.2. The van der Waals surface area contributed by atoms with Crippen LogP contribution in [0.3, 0.4) is 0 Å². The van der Waals surface area contributed by atoms with Crippen LogP contribution in [0.15, 0.2) is 46.9 Å². The molecule has 3 nitrogen and oxygen atoms in total. The number of anilines is 1. The Bertz CT molecular complexity index is 850. The monoisotopic (exact) mass is 396 g/mol. The number of carbonyl (C=O) groups excluding carboxylic acids is 1. The Kier molecular flexibility index (Phi) is 3.63. The Morgan fingerprint density at radius 1 is 0.880 bits per heavy atom. The largest absolute Gasteiger partial charge is 0.364 e. The predicted octanol–water partition coefficient (Wildman–Crippen LogP) is 4.62. The maximum Gasteiger partial charge on any atom is 0.223 e. The molecule has 1 amide bonds. The molecule has 5 rings (SSSR count). The van der Waals surface area contributed by atoms with Crippen LogP contribution in [0.1, 0.15) is 48.0 Å². The van der Waals surface area contributed by atoms with Gasteiger partial charge in [0.25, 0.3) is 0 Å². The van der Waals surface area contributed by atoms with E-state index in [0.29, 0.717) is 18.4 Å². The number of hydrogen-bond acceptors (Lipinski definition) is 2. The Hall–Kier alpha value is -1.81. The standard InChI is InChI=1S/C21H21BrN2O/c22-17-8-2-1-6-15(17)18-13-19(23-11-4-9-20(23)25)16-7-3-5-14-10-12-24(18)21(14)16/h1-3,5-8,18-19H,4,9-13H2. The van der Waals surface area contributed by atoms with E-state index in [0.717, 1.165) is 32.4 Å². The molecule has 2 unspecified atom stereocenters. The van der Waals surface area contributed by atoms with E-state index in [4.69, 9.17) is 0 Å². The van der Waals surface area contributed by atoms with E-state index in [1.165, 1.54) is 26.9 Å². The normalized spacial score (nSPS) is 24.8. The van der Waals surface area contributed by atoms with Crippen molar-refractivity contribution in [1.82, 2.24) is 4.90 Å². The highest BCUT2D eigenvalue weighted by atomic mass is 79.9. The first-order valence-corrected chi connectivity index (χ1v) is 9.95. The van der Waals surface area contributed by atoms with Crippen molar-refractivity contribution >= 4 is 27.5 Å². The summed E-state index contributed by atoms with van der Waals surface area (Å²) < 4.78 is 1.17. The molecule has 0 bridgehead atoms. The summed E-state index contributed by atoms with van der Waals surface area (Å²) in [5.41, 5.74) is 5.51. The van der Waals surface area contributed by atoms with Gasteiger partial charge in [-0.2, -0.15) is 0 Å². The van der Waals surface area contributed by atoms with Crippen molar-refractivity contribution in [2.75, 3.05) is 18.0 Å². The van der Waals surface area contributed by atoms with Crippen molar-refractivity contribution in [1.29, 1.82) is 0 Å². The van der Waals surface area contributed by atoms with Crippen molar-refractivity contribution in [3.63, 3.8) is 0 Å². The van der Waals surface area contributed by atoms with E-state index in [9.17, 15) is 4.79 Å². The van der Waals surface area contributed by atoms with Crippen molar-refractivity contribution in [2.24, 2.45) is 0 Å². The van der Waals surface area contributed by atoms with Gasteiger partial charge in [-0.15, -0.1) is 0 Å². The molecule has 128 valence electrons. The molecule has 0 spiro atoms. The van der Waals surface area contributed by atoms with Gasteiger partial charge < -0.3 is 9.80 Å². The Balaban J connectivity index is 1.65. The highest BCUT2D eigenvalue weighted by Crippen LogP contribution is 2.51. The molecule has 3 aliphatic heterocycles. The van der Waals surface area contributed by atoms with E-state index in [-0.39, 0.29) is 6.04 Å². The Morgan fingerprint density at radius 2 is 1.68 bits per heavy atom. The zero-order valence-electron chi connectivity index (χ0n) is 14.1. The number of halogens is 1. The zero-order chi connectivity index (χ0) is 17.0. The van der Waals surface area contributed by atoms with Crippen LogP contribution in [0.2, 0.25) is 0 Å². The highest BCUT2D eigenvalue weighted by molar-refractivity contribution is 9.10. The third kappa shape index (κ3) is 2.34. The van der Waals surface area contributed by atoms with Crippen LogP contribution in [0.4, 0.5) is 5.69 Å². The average Bonchev–Trinajstić information content (AvgIpc) is 3.24. The van der Waals surface area contributed by atoms with Gasteiger partial charge in [-0.05, 0) is 42.0 Å². The maximum absolute atomic E-state index is 12.5.